The number of rotatable bonds is 5. The van der Waals surface area contributed by atoms with Crippen molar-refractivity contribution < 1.29 is 14.2 Å². The van der Waals surface area contributed by atoms with Gasteiger partial charge in [0.05, 0.1) is 12.7 Å². The first-order chi connectivity index (χ1) is 12.0. The molecule has 3 nitrogen and oxygen atoms in total. The lowest BCUT2D eigenvalue weighted by Gasteiger charge is -2.43. The zero-order valence-electron chi connectivity index (χ0n) is 14.9. The number of likely N-dealkylation sites (tertiary alicyclic amines) is 1. The van der Waals surface area contributed by atoms with Gasteiger partial charge in [0.2, 0.25) is 0 Å². The summed E-state index contributed by atoms with van der Waals surface area (Å²) >= 11 is 0. The summed E-state index contributed by atoms with van der Waals surface area (Å²) in [5.41, 5.74) is 1.17. The van der Waals surface area contributed by atoms with Crippen LogP contribution in [-0.4, -0.2) is 35.8 Å². The fourth-order valence-corrected chi connectivity index (χ4v) is 3.59. The van der Waals surface area contributed by atoms with Crippen molar-refractivity contribution in [2.24, 2.45) is 5.92 Å². The highest BCUT2D eigenvalue weighted by Gasteiger charge is 2.37. The minimum atomic E-state index is -0.695. The quantitative estimate of drug-likeness (QED) is 0.899. The van der Waals surface area contributed by atoms with E-state index in [1.165, 1.54) is 12.7 Å². The van der Waals surface area contributed by atoms with Crippen molar-refractivity contribution in [2.75, 3.05) is 20.2 Å². The lowest BCUT2D eigenvalue weighted by Crippen LogP contribution is -2.50. The molecule has 0 unspecified atom stereocenters. The molecular formula is C21H26FNO2. The molecule has 134 valence electrons. The van der Waals surface area contributed by atoms with E-state index in [1.54, 1.807) is 12.1 Å². The van der Waals surface area contributed by atoms with Crippen molar-refractivity contribution in [3.63, 3.8) is 0 Å². The van der Waals surface area contributed by atoms with Crippen LogP contribution in [-0.2, 0) is 13.0 Å². The SMILES string of the molecule is COc1cccc(CN2CC[C@](C)(O)[C@H](Cc3ccccc3)C2)c1F. The van der Waals surface area contributed by atoms with Crippen molar-refractivity contribution in [1.29, 1.82) is 0 Å². The first-order valence-electron chi connectivity index (χ1n) is 8.79. The molecule has 1 heterocycles. The third-order valence-corrected chi connectivity index (χ3v) is 5.27. The maximum absolute atomic E-state index is 14.4. The Balaban J connectivity index is 1.72. The van der Waals surface area contributed by atoms with Crippen LogP contribution in [0, 0.1) is 11.7 Å². The number of nitrogens with zero attached hydrogens (tertiary/aromatic N) is 1. The van der Waals surface area contributed by atoms with Crippen LogP contribution >= 0.6 is 0 Å². The predicted molar refractivity (Wildman–Crippen MR) is 97.1 cm³/mol. The van der Waals surface area contributed by atoms with Crippen LogP contribution in [0.3, 0.4) is 0 Å². The van der Waals surface area contributed by atoms with E-state index in [9.17, 15) is 9.50 Å². The van der Waals surface area contributed by atoms with E-state index in [-0.39, 0.29) is 17.5 Å². The van der Waals surface area contributed by atoms with Gasteiger partial charge in [-0.05, 0) is 31.4 Å². The minimum absolute atomic E-state index is 0.123. The van der Waals surface area contributed by atoms with Crippen LogP contribution in [0.1, 0.15) is 24.5 Å². The summed E-state index contributed by atoms with van der Waals surface area (Å²) in [5.74, 6) is 0.113. The Labute approximate surface area is 149 Å². The molecule has 0 bridgehead atoms. The lowest BCUT2D eigenvalue weighted by molar-refractivity contribution is -0.0595. The van der Waals surface area contributed by atoms with E-state index < -0.39 is 5.60 Å². The van der Waals surface area contributed by atoms with Crippen molar-refractivity contribution in [2.45, 2.75) is 31.9 Å². The molecule has 0 amide bonds. The van der Waals surface area contributed by atoms with Gasteiger partial charge in [0.15, 0.2) is 11.6 Å². The molecule has 0 aliphatic carbocycles. The third-order valence-electron chi connectivity index (χ3n) is 5.27. The maximum Gasteiger partial charge on any atom is 0.169 e. The highest BCUT2D eigenvalue weighted by atomic mass is 19.1. The first kappa shape index (κ1) is 17.9. The maximum atomic E-state index is 14.4. The van der Waals surface area contributed by atoms with Gasteiger partial charge in [-0.3, -0.25) is 4.90 Å². The van der Waals surface area contributed by atoms with Gasteiger partial charge in [-0.2, -0.15) is 0 Å². The Hall–Kier alpha value is -1.91. The zero-order chi connectivity index (χ0) is 17.9. The van der Waals surface area contributed by atoms with Gasteiger partial charge < -0.3 is 9.84 Å². The van der Waals surface area contributed by atoms with Gasteiger partial charge >= 0.3 is 0 Å². The fourth-order valence-electron chi connectivity index (χ4n) is 3.59. The Kier molecular flexibility index (Phi) is 5.40. The molecular weight excluding hydrogens is 317 g/mol. The van der Waals surface area contributed by atoms with Gasteiger partial charge in [0.25, 0.3) is 0 Å². The number of methoxy groups -OCH3 is 1. The van der Waals surface area contributed by atoms with Gasteiger partial charge in [-0.15, -0.1) is 0 Å². The molecule has 1 N–H and O–H groups in total. The van der Waals surface area contributed by atoms with Crippen molar-refractivity contribution in [3.05, 3.63) is 65.5 Å². The van der Waals surface area contributed by atoms with Crippen LogP contribution in [0.2, 0.25) is 0 Å². The molecule has 2 atom stereocenters. The number of piperidine rings is 1. The van der Waals surface area contributed by atoms with Gasteiger partial charge in [-0.1, -0.05) is 42.5 Å². The van der Waals surface area contributed by atoms with Crippen LogP contribution in [0.5, 0.6) is 5.75 Å². The molecule has 0 saturated carbocycles. The summed E-state index contributed by atoms with van der Waals surface area (Å²) < 4.78 is 19.5. The van der Waals surface area contributed by atoms with E-state index in [0.717, 1.165) is 19.5 Å². The van der Waals surface area contributed by atoms with Crippen molar-refractivity contribution >= 4 is 0 Å². The van der Waals surface area contributed by atoms with Crippen LogP contribution in [0.25, 0.3) is 0 Å². The first-order valence-corrected chi connectivity index (χ1v) is 8.79. The Morgan fingerprint density at radius 1 is 1.20 bits per heavy atom. The standard InChI is InChI=1S/C21H26FNO2/c1-21(24)11-12-23(14-17-9-6-10-19(25-2)20(17)22)15-18(21)13-16-7-4-3-5-8-16/h3-10,18,24H,11-15H2,1-2H3/t18-,21+/m1/s1. The number of hydrogen-bond acceptors (Lipinski definition) is 3. The van der Waals surface area contributed by atoms with Crippen molar-refractivity contribution in [1.82, 2.24) is 4.90 Å². The Morgan fingerprint density at radius 3 is 2.68 bits per heavy atom. The van der Waals surface area contributed by atoms with Gasteiger partial charge in [0, 0.05) is 31.1 Å². The average Bonchev–Trinajstić information content (AvgIpc) is 2.61. The summed E-state index contributed by atoms with van der Waals surface area (Å²) in [6.07, 6.45) is 1.51. The molecule has 25 heavy (non-hydrogen) atoms. The molecule has 3 rings (SSSR count). The zero-order valence-corrected chi connectivity index (χ0v) is 14.9. The van der Waals surface area contributed by atoms with Gasteiger partial charge in [-0.25, -0.2) is 4.39 Å². The smallest absolute Gasteiger partial charge is 0.169 e. The van der Waals surface area contributed by atoms with Crippen LogP contribution in [0.15, 0.2) is 48.5 Å². The van der Waals surface area contributed by atoms with E-state index in [4.69, 9.17) is 4.74 Å². The number of benzene rings is 2. The molecule has 0 aromatic heterocycles. The Bertz CT molecular complexity index is 702. The summed E-state index contributed by atoms with van der Waals surface area (Å²) in [7, 11) is 1.48. The van der Waals surface area contributed by atoms with Gasteiger partial charge in [0.1, 0.15) is 0 Å². The molecule has 1 fully saturated rings. The molecule has 0 spiro atoms. The number of aliphatic hydroxyl groups is 1. The summed E-state index contributed by atoms with van der Waals surface area (Å²) in [6, 6.07) is 15.5. The van der Waals surface area contributed by atoms with Crippen LogP contribution < -0.4 is 4.74 Å². The summed E-state index contributed by atoms with van der Waals surface area (Å²) in [5, 5.41) is 10.8. The highest BCUT2D eigenvalue weighted by Crippen LogP contribution is 2.32. The van der Waals surface area contributed by atoms with Crippen LogP contribution in [0.4, 0.5) is 4.39 Å². The monoisotopic (exact) mass is 343 g/mol. The predicted octanol–water partition coefficient (Wildman–Crippen LogP) is 3.65. The summed E-state index contributed by atoms with van der Waals surface area (Å²) in [6.45, 7) is 3.96. The number of ether oxygens (including phenoxy) is 1. The van der Waals surface area contributed by atoms with E-state index >= 15 is 0 Å². The molecule has 1 aliphatic rings. The highest BCUT2D eigenvalue weighted by molar-refractivity contribution is 5.31. The number of halogens is 1. The van der Waals surface area contributed by atoms with E-state index in [1.807, 2.05) is 31.2 Å². The normalized spacial score (nSPS) is 24.2. The summed E-state index contributed by atoms with van der Waals surface area (Å²) in [4.78, 5) is 2.23. The van der Waals surface area contributed by atoms with Crippen molar-refractivity contribution in [3.8, 4) is 5.75 Å². The average molecular weight is 343 g/mol. The Morgan fingerprint density at radius 2 is 1.96 bits per heavy atom. The second-order valence-corrected chi connectivity index (χ2v) is 7.16. The second kappa shape index (κ2) is 7.54. The third kappa shape index (κ3) is 4.20. The lowest BCUT2D eigenvalue weighted by atomic mass is 9.78. The molecule has 1 saturated heterocycles. The number of hydrogen-bond donors (Lipinski definition) is 1. The molecule has 1 aliphatic heterocycles. The topological polar surface area (TPSA) is 32.7 Å². The minimum Gasteiger partial charge on any atom is -0.494 e. The van der Waals surface area contributed by atoms with E-state index in [2.05, 4.69) is 17.0 Å². The molecule has 2 aromatic carbocycles. The second-order valence-electron chi connectivity index (χ2n) is 7.16. The molecule has 0 radical (unpaired) electrons. The molecule has 2 aromatic rings. The molecule has 4 heteroatoms. The fraction of sp³-hybridized carbons (Fsp3) is 0.429. The largest absolute Gasteiger partial charge is 0.494 e. The van der Waals surface area contributed by atoms with E-state index in [0.29, 0.717) is 18.5 Å².